The number of nitriles is 1. The number of ether oxygens (including phenoxy) is 1. The summed E-state index contributed by atoms with van der Waals surface area (Å²) in [6.45, 7) is 3.93. The summed E-state index contributed by atoms with van der Waals surface area (Å²) in [4.78, 5) is 12.7. The molecule has 0 atom stereocenters. The van der Waals surface area contributed by atoms with E-state index in [1.165, 1.54) is 0 Å². The molecule has 0 saturated carbocycles. The maximum absolute atomic E-state index is 12.7. The normalized spacial score (nSPS) is 11.1. The number of hydrogen-bond acceptors (Lipinski definition) is 3. The minimum absolute atomic E-state index is 0.0174. The van der Waals surface area contributed by atoms with E-state index in [1.54, 1.807) is 13.2 Å². The summed E-state index contributed by atoms with van der Waals surface area (Å²) in [7, 11) is 1.57. The summed E-state index contributed by atoms with van der Waals surface area (Å²) in [5.41, 5.74) is 3.49. The minimum Gasteiger partial charge on any atom is -0.496 e. The molecular weight excluding hydrogens is 336 g/mol. The standard InChI is InChI=1S/C23H20N2O2/c1-15-10-16(2)12-19(11-15)25-23(26)18(14-24)13-21-20-7-5-4-6-17(20)8-9-22(21)27-3/h4-13H,1-3H3,(H,25,26). The van der Waals surface area contributed by atoms with Crippen LogP contribution in [0.2, 0.25) is 0 Å². The Morgan fingerprint density at radius 3 is 2.44 bits per heavy atom. The number of fused-ring (bicyclic) bond motifs is 1. The van der Waals surface area contributed by atoms with Crippen LogP contribution in [0.3, 0.4) is 0 Å². The second kappa shape index (κ2) is 7.76. The average molecular weight is 356 g/mol. The number of benzene rings is 3. The third kappa shape index (κ3) is 3.99. The lowest BCUT2D eigenvalue weighted by molar-refractivity contribution is -0.112. The van der Waals surface area contributed by atoms with Crippen LogP contribution in [0.15, 0.2) is 60.2 Å². The van der Waals surface area contributed by atoms with E-state index in [9.17, 15) is 10.1 Å². The molecule has 4 nitrogen and oxygen atoms in total. The molecule has 0 aliphatic rings. The Bertz CT molecular complexity index is 1070. The smallest absolute Gasteiger partial charge is 0.266 e. The number of aryl methyl sites for hydroxylation is 2. The van der Waals surface area contributed by atoms with Gasteiger partial charge in [0.15, 0.2) is 0 Å². The van der Waals surface area contributed by atoms with Crippen molar-refractivity contribution in [3.63, 3.8) is 0 Å². The van der Waals surface area contributed by atoms with Crippen LogP contribution >= 0.6 is 0 Å². The molecule has 134 valence electrons. The maximum atomic E-state index is 12.7. The molecule has 0 fully saturated rings. The first-order valence-electron chi connectivity index (χ1n) is 8.59. The van der Waals surface area contributed by atoms with Gasteiger partial charge in [-0.1, -0.05) is 36.4 Å². The van der Waals surface area contributed by atoms with Crippen molar-refractivity contribution in [3.05, 3.63) is 76.9 Å². The third-order valence-corrected chi connectivity index (χ3v) is 4.28. The molecule has 4 heteroatoms. The van der Waals surface area contributed by atoms with Gasteiger partial charge in [0.05, 0.1) is 7.11 Å². The van der Waals surface area contributed by atoms with Gasteiger partial charge in [0, 0.05) is 11.3 Å². The molecule has 0 saturated heterocycles. The largest absolute Gasteiger partial charge is 0.496 e. The lowest BCUT2D eigenvalue weighted by Crippen LogP contribution is -2.13. The number of carbonyl (C=O) groups excluding carboxylic acids is 1. The minimum atomic E-state index is -0.447. The molecule has 1 N–H and O–H groups in total. The summed E-state index contributed by atoms with van der Waals surface area (Å²) >= 11 is 0. The number of carbonyl (C=O) groups is 1. The molecule has 3 rings (SSSR count). The maximum Gasteiger partial charge on any atom is 0.266 e. The van der Waals surface area contributed by atoms with Crippen molar-refractivity contribution in [2.45, 2.75) is 13.8 Å². The number of methoxy groups -OCH3 is 1. The topological polar surface area (TPSA) is 62.1 Å². The van der Waals surface area contributed by atoms with Gasteiger partial charge in [-0.3, -0.25) is 4.79 Å². The Hall–Kier alpha value is -3.58. The van der Waals surface area contributed by atoms with Gasteiger partial charge in [-0.05, 0) is 60.0 Å². The predicted molar refractivity (Wildman–Crippen MR) is 109 cm³/mol. The van der Waals surface area contributed by atoms with Crippen molar-refractivity contribution in [3.8, 4) is 11.8 Å². The van der Waals surface area contributed by atoms with Crippen molar-refractivity contribution in [1.82, 2.24) is 0 Å². The highest BCUT2D eigenvalue weighted by atomic mass is 16.5. The summed E-state index contributed by atoms with van der Waals surface area (Å²) in [5, 5.41) is 14.3. The van der Waals surface area contributed by atoms with Crippen LogP contribution in [0.5, 0.6) is 5.75 Å². The van der Waals surface area contributed by atoms with E-state index in [0.717, 1.165) is 21.9 Å². The lowest BCUT2D eigenvalue weighted by atomic mass is 10.0. The van der Waals surface area contributed by atoms with Crippen molar-refractivity contribution in [2.75, 3.05) is 12.4 Å². The van der Waals surface area contributed by atoms with E-state index < -0.39 is 5.91 Å². The van der Waals surface area contributed by atoms with E-state index in [0.29, 0.717) is 17.0 Å². The Morgan fingerprint density at radius 1 is 1.07 bits per heavy atom. The zero-order chi connectivity index (χ0) is 19.4. The quantitative estimate of drug-likeness (QED) is 0.528. The van der Waals surface area contributed by atoms with Gasteiger partial charge in [0.2, 0.25) is 0 Å². The van der Waals surface area contributed by atoms with Gasteiger partial charge in [-0.25, -0.2) is 0 Å². The molecule has 0 heterocycles. The Labute approximate surface area is 158 Å². The highest BCUT2D eigenvalue weighted by molar-refractivity contribution is 6.11. The second-order valence-corrected chi connectivity index (χ2v) is 6.40. The molecule has 0 spiro atoms. The van der Waals surface area contributed by atoms with Crippen molar-refractivity contribution < 1.29 is 9.53 Å². The van der Waals surface area contributed by atoms with E-state index in [1.807, 2.05) is 74.5 Å². The van der Waals surface area contributed by atoms with Crippen LogP contribution in [-0.4, -0.2) is 13.0 Å². The third-order valence-electron chi connectivity index (χ3n) is 4.28. The Kier molecular flexibility index (Phi) is 5.23. The van der Waals surface area contributed by atoms with E-state index >= 15 is 0 Å². The molecule has 0 aliphatic carbocycles. The number of hydrogen-bond donors (Lipinski definition) is 1. The van der Waals surface area contributed by atoms with Gasteiger partial charge in [0.1, 0.15) is 17.4 Å². The second-order valence-electron chi connectivity index (χ2n) is 6.40. The van der Waals surface area contributed by atoms with Crippen LogP contribution in [0.4, 0.5) is 5.69 Å². The first kappa shape index (κ1) is 18.2. The summed E-state index contributed by atoms with van der Waals surface area (Å²) in [6, 6.07) is 19.4. The molecule has 1 amide bonds. The molecular formula is C23H20N2O2. The Morgan fingerprint density at radius 2 is 1.78 bits per heavy atom. The van der Waals surface area contributed by atoms with E-state index in [-0.39, 0.29) is 5.57 Å². The first-order chi connectivity index (χ1) is 13.0. The number of amides is 1. The van der Waals surface area contributed by atoms with Crippen LogP contribution in [0.1, 0.15) is 16.7 Å². The van der Waals surface area contributed by atoms with Gasteiger partial charge in [-0.2, -0.15) is 5.26 Å². The summed E-state index contributed by atoms with van der Waals surface area (Å²) < 4.78 is 5.44. The molecule has 3 aromatic rings. The van der Waals surface area contributed by atoms with Crippen molar-refractivity contribution >= 4 is 28.4 Å². The molecule has 0 unspecified atom stereocenters. The number of rotatable bonds is 4. The fourth-order valence-electron chi connectivity index (χ4n) is 3.14. The predicted octanol–water partition coefficient (Wildman–Crippen LogP) is 5.01. The molecule has 0 aliphatic heterocycles. The lowest BCUT2D eigenvalue weighted by Gasteiger charge is -2.10. The first-order valence-corrected chi connectivity index (χ1v) is 8.59. The zero-order valence-electron chi connectivity index (χ0n) is 15.5. The molecule has 27 heavy (non-hydrogen) atoms. The van der Waals surface area contributed by atoms with Crippen molar-refractivity contribution in [1.29, 1.82) is 5.26 Å². The van der Waals surface area contributed by atoms with E-state index in [2.05, 4.69) is 5.32 Å². The van der Waals surface area contributed by atoms with Gasteiger partial charge in [0.25, 0.3) is 5.91 Å². The average Bonchev–Trinajstić information content (AvgIpc) is 2.64. The van der Waals surface area contributed by atoms with Crippen molar-refractivity contribution in [2.24, 2.45) is 0 Å². The number of nitrogens with one attached hydrogen (secondary N) is 1. The molecule has 3 aromatic carbocycles. The monoisotopic (exact) mass is 356 g/mol. The summed E-state index contributed by atoms with van der Waals surface area (Å²) in [6.07, 6.45) is 1.58. The highest BCUT2D eigenvalue weighted by Crippen LogP contribution is 2.30. The zero-order valence-corrected chi connectivity index (χ0v) is 15.5. The summed E-state index contributed by atoms with van der Waals surface area (Å²) in [5.74, 6) is 0.165. The molecule has 0 radical (unpaired) electrons. The highest BCUT2D eigenvalue weighted by Gasteiger charge is 2.13. The number of nitrogens with zero attached hydrogens (tertiary/aromatic N) is 1. The van der Waals surface area contributed by atoms with Crippen LogP contribution in [-0.2, 0) is 4.79 Å². The molecule has 0 bridgehead atoms. The van der Waals surface area contributed by atoms with Crippen LogP contribution in [0.25, 0.3) is 16.8 Å². The SMILES string of the molecule is COc1ccc2ccccc2c1C=C(C#N)C(=O)Nc1cc(C)cc(C)c1. The van der Waals surface area contributed by atoms with Crippen LogP contribution in [0, 0.1) is 25.2 Å². The van der Waals surface area contributed by atoms with Gasteiger partial charge < -0.3 is 10.1 Å². The fourth-order valence-corrected chi connectivity index (χ4v) is 3.14. The number of anilines is 1. The van der Waals surface area contributed by atoms with Crippen LogP contribution < -0.4 is 10.1 Å². The fraction of sp³-hybridized carbons (Fsp3) is 0.130. The molecule has 0 aromatic heterocycles. The van der Waals surface area contributed by atoms with Gasteiger partial charge >= 0.3 is 0 Å². The van der Waals surface area contributed by atoms with Gasteiger partial charge in [-0.15, -0.1) is 0 Å². The van der Waals surface area contributed by atoms with E-state index in [4.69, 9.17) is 4.74 Å². The Balaban J connectivity index is 2.03.